The lowest BCUT2D eigenvalue weighted by Gasteiger charge is -2.38. The Balaban J connectivity index is 1.23. The normalized spacial score (nSPS) is 20.8. The van der Waals surface area contributed by atoms with Gasteiger partial charge in [0, 0.05) is 31.7 Å². The van der Waals surface area contributed by atoms with Crippen molar-refractivity contribution in [2.75, 3.05) is 26.2 Å². The molecule has 0 bridgehead atoms. The molecule has 1 amide bonds. The van der Waals surface area contributed by atoms with E-state index in [1.807, 2.05) is 10.9 Å². The van der Waals surface area contributed by atoms with Crippen LogP contribution < -0.4 is 5.32 Å². The van der Waals surface area contributed by atoms with Gasteiger partial charge in [-0.15, -0.1) is 0 Å². The minimum atomic E-state index is 0.137. The van der Waals surface area contributed by atoms with Gasteiger partial charge in [0.15, 0.2) is 0 Å². The van der Waals surface area contributed by atoms with Crippen LogP contribution in [0.3, 0.4) is 0 Å². The van der Waals surface area contributed by atoms with Crippen LogP contribution in [-0.4, -0.2) is 46.8 Å². The van der Waals surface area contributed by atoms with Crippen LogP contribution in [-0.2, 0) is 11.2 Å². The van der Waals surface area contributed by atoms with Crippen LogP contribution in [0.2, 0.25) is 0 Å². The summed E-state index contributed by atoms with van der Waals surface area (Å²) in [6, 6.07) is 9.07. The molecule has 0 spiro atoms. The molecule has 1 fully saturated rings. The number of rotatable bonds is 5. The summed E-state index contributed by atoms with van der Waals surface area (Å²) in [5.74, 6) is 0.600. The van der Waals surface area contributed by atoms with Crippen LogP contribution in [0.5, 0.6) is 0 Å². The molecule has 1 N–H and O–H groups in total. The van der Waals surface area contributed by atoms with Gasteiger partial charge < -0.3 is 5.32 Å². The van der Waals surface area contributed by atoms with Gasteiger partial charge in [0.1, 0.15) is 0 Å². The maximum absolute atomic E-state index is 12.3. The maximum atomic E-state index is 12.3. The summed E-state index contributed by atoms with van der Waals surface area (Å²) < 4.78 is 2.02. The second-order valence-corrected chi connectivity index (χ2v) is 7.44. The second kappa shape index (κ2) is 7.00. The number of likely N-dealkylation sites (tertiary alicyclic amines) is 1. The number of aryl methyl sites for hydroxylation is 2. The highest BCUT2D eigenvalue weighted by Gasteiger charge is 2.30. The number of benzene rings is 1. The molecule has 2 aromatic rings. The molecule has 1 saturated heterocycles. The lowest BCUT2D eigenvalue weighted by Crippen LogP contribution is -2.51. The average Bonchev–Trinajstić information content (AvgIpc) is 3.01. The number of carbonyl (C=O) groups is 1. The molecule has 2 heterocycles. The molecule has 1 aromatic carbocycles. The van der Waals surface area contributed by atoms with Crippen LogP contribution in [0.15, 0.2) is 36.7 Å². The van der Waals surface area contributed by atoms with E-state index < -0.39 is 0 Å². The lowest BCUT2D eigenvalue weighted by molar-refractivity contribution is -0.123. The van der Waals surface area contributed by atoms with Crippen molar-refractivity contribution in [1.82, 2.24) is 20.0 Å². The lowest BCUT2D eigenvalue weighted by atomic mass is 9.83. The van der Waals surface area contributed by atoms with Gasteiger partial charge in [-0.25, -0.2) is 0 Å². The Morgan fingerprint density at radius 2 is 2.16 bits per heavy atom. The van der Waals surface area contributed by atoms with Gasteiger partial charge in [-0.1, -0.05) is 24.3 Å². The number of amides is 1. The Morgan fingerprint density at radius 1 is 1.32 bits per heavy atom. The van der Waals surface area contributed by atoms with Crippen molar-refractivity contribution >= 4 is 5.91 Å². The van der Waals surface area contributed by atoms with E-state index in [9.17, 15) is 4.79 Å². The minimum absolute atomic E-state index is 0.137. The largest absolute Gasteiger partial charge is 0.354 e. The molecule has 2 aliphatic rings. The zero-order chi connectivity index (χ0) is 17.2. The first kappa shape index (κ1) is 16.3. The van der Waals surface area contributed by atoms with Gasteiger partial charge in [0.05, 0.1) is 18.8 Å². The first-order valence-corrected chi connectivity index (χ1v) is 9.26. The van der Waals surface area contributed by atoms with Gasteiger partial charge in [-0.05, 0) is 42.9 Å². The second-order valence-electron chi connectivity index (χ2n) is 7.44. The van der Waals surface area contributed by atoms with E-state index in [0.29, 0.717) is 18.5 Å². The Bertz CT molecular complexity index is 748. The van der Waals surface area contributed by atoms with Gasteiger partial charge in [0.2, 0.25) is 5.91 Å². The molecular formula is C20H26N4O. The van der Waals surface area contributed by atoms with E-state index in [0.717, 1.165) is 19.6 Å². The average molecular weight is 338 g/mol. The van der Waals surface area contributed by atoms with Crippen molar-refractivity contribution in [3.8, 4) is 0 Å². The van der Waals surface area contributed by atoms with Crippen molar-refractivity contribution in [2.24, 2.45) is 0 Å². The molecule has 1 aliphatic carbocycles. The summed E-state index contributed by atoms with van der Waals surface area (Å²) in [6.45, 7) is 5.11. The first-order valence-electron chi connectivity index (χ1n) is 9.26. The van der Waals surface area contributed by atoms with Crippen molar-refractivity contribution in [3.63, 3.8) is 0 Å². The molecule has 0 radical (unpaired) electrons. The molecule has 5 heteroatoms. The summed E-state index contributed by atoms with van der Waals surface area (Å²) >= 11 is 0. The topological polar surface area (TPSA) is 50.2 Å². The Hall–Kier alpha value is -2.14. The predicted molar refractivity (Wildman–Crippen MR) is 97.6 cm³/mol. The van der Waals surface area contributed by atoms with E-state index in [1.54, 1.807) is 0 Å². The van der Waals surface area contributed by atoms with E-state index in [2.05, 4.69) is 52.7 Å². The quantitative estimate of drug-likeness (QED) is 0.910. The third kappa shape index (κ3) is 3.61. The maximum Gasteiger partial charge on any atom is 0.234 e. The van der Waals surface area contributed by atoms with Crippen LogP contribution in [0.1, 0.15) is 41.5 Å². The number of hydrogen-bond donors (Lipinski definition) is 1. The molecule has 1 aliphatic heterocycles. The third-order valence-electron chi connectivity index (χ3n) is 5.45. The van der Waals surface area contributed by atoms with E-state index >= 15 is 0 Å². The number of fused-ring (bicyclic) bond motifs is 1. The van der Waals surface area contributed by atoms with E-state index in [4.69, 9.17) is 0 Å². The highest BCUT2D eigenvalue weighted by atomic mass is 16.2. The number of hydrogen-bond acceptors (Lipinski definition) is 3. The molecule has 0 unspecified atom stereocenters. The molecule has 4 rings (SSSR count). The summed E-state index contributed by atoms with van der Waals surface area (Å²) in [4.78, 5) is 14.5. The van der Waals surface area contributed by atoms with Crippen LogP contribution in [0.4, 0.5) is 0 Å². The number of aromatic nitrogens is 2. The number of nitrogens with zero attached hydrogens (tertiary/aromatic N) is 3. The Morgan fingerprint density at radius 3 is 2.96 bits per heavy atom. The van der Waals surface area contributed by atoms with Gasteiger partial charge in [-0.2, -0.15) is 5.10 Å². The first-order chi connectivity index (χ1) is 12.2. The number of carbonyl (C=O) groups excluding carboxylic acids is 1. The molecule has 1 atom stereocenters. The molecule has 5 nitrogen and oxygen atoms in total. The molecule has 1 aromatic heterocycles. The summed E-state index contributed by atoms with van der Waals surface area (Å²) in [5, 5.41) is 7.51. The van der Waals surface area contributed by atoms with Crippen molar-refractivity contribution in [2.45, 2.75) is 38.1 Å². The summed E-state index contributed by atoms with van der Waals surface area (Å²) in [5.41, 5.74) is 4.06. The van der Waals surface area contributed by atoms with Gasteiger partial charge in [0.25, 0.3) is 0 Å². The van der Waals surface area contributed by atoms with Gasteiger partial charge >= 0.3 is 0 Å². The SMILES string of the molecule is Cc1cnn(C2CN(CC(=O)NC[C@H]3CCCc4ccccc43)C2)c1. The monoisotopic (exact) mass is 338 g/mol. The minimum Gasteiger partial charge on any atom is -0.354 e. The van der Waals surface area contributed by atoms with E-state index in [1.165, 1.54) is 36.0 Å². The zero-order valence-electron chi connectivity index (χ0n) is 14.8. The van der Waals surface area contributed by atoms with Crippen LogP contribution >= 0.6 is 0 Å². The van der Waals surface area contributed by atoms with Gasteiger partial charge in [-0.3, -0.25) is 14.4 Å². The molecule has 0 saturated carbocycles. The fraction of sp³-hybridized carbons (Fsp3) is 0.500. The smallest absolute Gasteiger partial charge is 0.234 e. The van der Waals surface area contributed by atoms with Crippen LogP contribution in [0.25, 0.3) is 0 Å². The number of nitrogens with one attached hydrogen (secondary N) is 1. The molecule has 25 heavy (non-hydrogen) atoms. The zero-order valence-corrected chi connectivity index (χ0v) is 14.8. The third-order valence-corrected chi connectivity index (χ3v) is 5.45. The van der Waals surface area contributed by atoms with Crippen LogP contribution in [0, 0.1) is 6.92 Å². The van der Waals surface area contributed by atoms with Crippen molar-refractivity contribution < 1.29 is 4.79 Å². The Kier molecular flexibility index (Phi) is 4.57. The predicted octanol–water partition coefficient (Wildman–Crippen LogP) is 2.28. The van der Waals surface area contributed by atoms with Crippen molar-refractivity contribution in [3.05, 3.63) is 53.3 Å². The fourth-order valence-electron chi connectivity index (χ4n) is 4.03. The fourth-order valence-corrected chi connectivity index (χ4v) is 4.03. The van der Waals surface area contributed by atoms with E-state index in [-0.39, 0.29) is 5.91 Å². The summed E-state index contributed by atoms with van der Waals surface area (Å²) in [7, 11) is 0. The molecule has 132 valence electrons. The summed E-state index contributed by atoms with van der Waals surface area (Å²) in [6.07, 6.45) is 7.51. The highest BCUT2D eigenvalue weighted by Crippen LogP contribution is 2.30. The molecular weight excluding hydrogens is 312 g/mol. The Labute approximate surface area is 149 Å². The van der Waals surface area contributed by atoms with Crippen molar-refractivity contribution in [1.29, 1.82) is 0 Å². The highest BCUT2D eigenvalue weighted by molar-refractivity contribution is 5.78. The standard InChI is InChI=1S/C20H26N4O/c1-15-9-22-24(11-15)18-12-23(13-18)14-20(25)21-10-17-7-4-6-16-5-2-3-8-19(16)17/h2-3,5,8-9,11,17-18H,4,6-7,10,12-14H2,1H3,(H,21,25)/t17-/m1/s1.